The highest BCUT2D eigenvalue weighted by molar-refractivity contribution is 5.62. The van der Waals surface area contributed by atoms with Crippen molar-refractivity contribution in [1.29, 1.82) is 0 Å². The van der Waals surface area contributed by atoms with Crippen molar-refractivity contribution in [3.63, 3.8) is 0 Å². The third kappa shape index (κ3) is 1.62. The van der Waals surface area contributed by atoms with Crippen molar-refractivity contribution in [2.75, 3.05) is 13.2 Å². The number of carbonyl (C=O) groups is 1. The maximum atomic E-state index is 10.7. The van der Waals surface area contributed by atoms with Crippen LogP contribution in [-0.2, 0) is 14.2 Å². The summed E-state index contributed by atoms with van der Waals surface area (Å²) in [5.74, 6) is 0. The number of rotatable bonds is 3. The van der Waals surface area contributed by atoms with E-state index >= 15 is 0 Å². The third-order valence-corrected chi connectivity index (χ3v) is 2.37. The highest BCUT2D eigenvalue weighted by atomic mass is 16.8. The van der Waals surface area contributed by atoms with Gasteiger partial charge in [0.05, 0.1) is 19.3 Å². The first-order chi connectivity index (χ1) is 6.31. The lowest BCUT2D eigenvalue weighted by atomic mass is 10.2. The van der Waals surface area contributed by atoms with Crippen LogP contribution in [0.1, 0.15) is 12.8 Å². The summed E-state index contributed by atoms with van der Waals surface area (Å²) in [5, 5.41) is 8.56. The van der Waals surface area contributed by atoms with E-state index in [9.17, 15) is 4.79 Å². The van der Waals surface area contributed by atoms with Gasteiger partial charge in [-0.1, -0.05) is 0 Å². The predicted molar refractivity (Wildman–Crippen MR) is 41.2 cm³/mol. The van der Waals surface area contributed by atoms with Crippen LogP contribution in [0.2, 0.25) is 0 Å². The Morgan fingerprint density at radius 1 is 1.46 bits per heavy atom. The van der Waals surface area contributed by atoms with Crippen molar-refractivity contribution in [2.24, 2.45) is 0 Å². The fraction of sp³-hybridized carbons (Fsp3) is 0.875. The van der Waals surface area contributed by atoms with Crippen molar-refractivity contribution < 1.29 is 24.1 Å². The van der Waals surface area contributed by atoms with E-state index in [0.717, 1.165) is 12.8 Å². The van der Waals surface area contributed by atoms with Crippen LogP contribution in [0.15, 0.2) is 0 Å². The summed E-state index contributed by atoms with van der Waals surface area (Å²) in [6.07, 6.45) is 0.487. The molecule has 1 heterocycles. The highest BCUT2D eigenvalue weighted by Gasteiger charge is 2.47. The van der Waals surface area contributed by atoms with Crippen LogP contribution >= 0.6 is 0 Å². The number of aliphatic hydroxyl groups excluding tert-OH is 1. The Balaban J connectivity index is 1.89. The molecule has 5 nitrogen and oxygen atoms in total. The van der Waals surface area contributed by atoms with Gasteiger partial charge in [-0.2, -0.15) is 0 Å². The summed E-state index contributed by atoms with van der Waals surface area (Å²) in [5.41, 5.74) is 0. The van der Waals surface area contributed by atoms with Crippen LogP contribution in [0.25, 0.3) is 0 Å². The molecule has 1 saturated heterocycles. The summed E-state index contributed by atoms with van der Waals surface area (Å²) in [7, 11) is 0. The van der Waals surface area contributed by atoms with E-state index in [4.69, 9.17) is 19.3 Å². The van der Waals surface area contributed by atoms with Crippen LogP contribution in [0, 0.1) is 0 Å². The zero-order valence-electron chi connectivity index (χ0n) is 7.14. The zero-order chi connectivity index (χ0) is 9.26. The molecule has 0 spiro atoms. The number of hydrogen-bond acceptors (Lipinski definition) is 5. The Hall–Kier alpha value is -0.810. The minimum absolute atomic E-state index is 0.0112. The second-order valence-electron chi connectivity index (χ2n) is 3.20. The fourth-order valence-electron chi connectivity index (χ4n) is 1.82. The van der Waals surface area contributed by atoms with Gasteiger partial charge in [-0.15, -0.1) is 0 Å². The lowest BCUT2D eigenvalue weighted by molar-refractivity contribution is -0.0272. The van der Waals surface area contributed by atoms with Crippen LogP contribution in [-0.4, -0.2) is 42.8 Å². The van der Waals surface area contributed by atoms with Gasteiger partial charge in [0.15, 0.2) is 6.10 Å². The van der Waals surface area contributed by atoms with E-state index in [1.807, 2.05) is 0 Å². The Labute approximate surface area is 75.6 Å². The molecule has 74 valence electrons. The van der Waals surface area contributed by atoms with Crippen molar-refractivity contribution in [3.8, 4) is 0 Å². The minimum atomic E-state index is -0.604. The molecular weight excluding hydrogens is 176 g/mol. The summed E-state index contributed by atoms with van der Waals surface area (Å²) in [6.45, 7) is 0.272. The van der Waals surface area contributed by atoms with Crippen LogP contribution in [0.4, 0.5) is 4.79 Å². The molecule has 0 amide bonds. The first kappa shape index (κ1) is 8.77. The van der Waals surface area contributed by atoms with Gasteiger partial charge in [-0.25, -0.2) is 4.79 Å². The summed E-state index contributed by atoms with van der Waals surface area (Å²) < 4.78 is 15.1. The van der Waals surface area contributed by atoms with Crippen molar-refractivity contribution in [3.05, 3.63) is 0 Å². The second kappa shape index (κ2) is 3.51. The molecule has 0 bridgehead atoms. The first-order valence-corrected chi connectivity index (χ1v) is 4.41. The molecule has 2 fully saturated rings. The van der Waals surface area contributed by atoms with Crippen LogP contribution < -0.4 is 0 Å². The Morgan fingerprint density at radius 2 is 2.31 bits per heavy atom. The van der Waals surface area contributed by atoms with E-state index in [1.165, 1.54) is 0 Å². The number of carbonyl (C=O) groups excluding carboxylic acids is 1. The molecule has 1 aliphatic heterocycles. The number of ether oxygens (including phenoxy) is 3. The van der Waals surface area contributed by atoms with Crippen molar-refractivity contribution >= 4 is 6.16 Å². The molecule has 1 N–H and O–H groups in total. The van der Waals surface area contributed by atoms with Gasteiger partial charge < -0.3 is 19.3 Å². The SMILES string of the molecule is O=C1OC2CCC(OCCO)C2O1. The molecule has 13 heavy (non-hydrogen) atoms. The van der Waals surface area contributed by atoms with Gasteiger partial charge in [0.2, 0.25) is 0 Å². The summed E-state index contributed by atoms with van der Waals surface area (Å²) in [4.78, 5) is 10.7. The monoisotopic (exact) mass is 188 g/mol. The number of aliphatic hydroxyl groups is 1. The predicted octanol–water partition coefficient (Wildman–Crippen LogP) is 0.0617. The molecule has 2 aliphatic rings. The molecule has 0 radical (unpaired) electrons. The topological polar surface area (TPSA) is 65.0 Å². The van der Waals surface area contributed by atoms with Gasteiger partial charge in [0.25, 0.3) is 0 Å². The smallest absolute Gasteiger partial charge is 0.427 e. The van der Waals surface area contributed by atoms with E-state index in [-0.39, 0.29) is 31.5 Å². The lowest BCUT2D eigenvalue weighted by Gasteiger charge is -2.15. The zero-order valence-corrected chi connectivity index (χ0v) is 7.14. The lowest BCUT2D eigenvalue weighted by Crippen LogP contribution is -2.29. The maximum absolute atomic E-state index is 10.7. The standard InChI is InChI=1S/C8H12O5/c9-3-4-11-5-1-2-6-7(5)13-8(10)12-6/h5-7,9H,1-4H2. The van der Waals surface area contributed by atoms with Gasteiger partial charge in [-0.3, -0.25) is 0 Å². The minimum Gasteiger partial charge on any atom is -0.427 e. The van der Waals surface area contributed by atoms with Gasteiger partial charge in [0, 0.05) is 0 Å². The van der Waals surface area contributed by atoms with Gasteiger partial charge in [-0.05, 0) is 12.8 Å². The summed E-state index contributed by atoms with van der Waals surface area (Å²) >= 11 is 0. The normalized spacial score (nSPS) is 37.0. The van der Waals surface area contributed by atoms with Gasteiger partial charge >= 0.3 is 6.16 Å². The number of hydrogen-bond donors (Lipinski definition) is 1. The largest absolute Gasteiger partial charge is 0.509 e. The molecule has 3 unspecified atom stereocenters. The Bertz CT molecular complexity index is 205. The van der Waals surface area contributed by atoms with E-state index in [2.05, 4.69) is 0 Å². The molecule has 0 aromatic carbocycles. The molecule has 0 aromatic heterocycles. The molecule has 1 saturated carbocycles. The molecular formula is C8H12O5. The highest BCUT2D eigenvalue weighted by Crippen LogP contribution is 2.32. The van der Waals surface area contributed by atoms with Crippen molar-refractivity contribution in [1.82, 2.24) is 0 Å². The molecule has 5 heteroatoms. The quantitative estimate of drug-likeness (QED) is 0.634. The van der Waals surface area contributed by atoms with E-state index < -0.39 is 6.16 Å². The molecule has 3 atom stereocenters. The first-order valence-electron chi connectivity index (χ1n) is 4.41. The van der Waals surface area contributed by atoms with Crippen molar-refractivity contribution in [2.45, 2.75) is 31.2 Å². The Kier molecular flexibility index (Phi) is 2.37. The number of fused-ring (bicyclic) bond motifs is 1. The average Bonchev–Trinajstić information content (AvgIpc) is 2.61. The molecule has 1 aliphatic carbocycles. The average molecular weight is 188 g/mol. The van der Waals surface area contributed by atoms with E-state index in [1.54, 1.807) is 0 Å². The molecule has 2 rings (SSSR count). The Morgan fingerprint density at radius 3 is 3.08 bits per heavy atom. The fourth-order valence-corrected chi connectivity index (χ4v) is 1.82. The van der Waals surface area contributed by atoms with Crippen LogP contribution in [0.5, 0.6) is 0 Å². The second-order valence-corrected chi connectivity index (χ2v) is 3.20. The summed E-state index contributed by atoms with van der Waals surface area (Å²) in [6, 6.07) is 0. The van der Waals surface area contributed by atoms with Crippen LogP contribution in [0.3, 0.4) is 0 Å². The maximum Gasteiger partial charge on any atom is 0.509 e. The van der Waals surface area contributed by atoms with E-state index in [0.29, 0.717) is 0 Å². The third-order valence-electron chi connectivity index (χ3n) is 2.37. The van der Waals surface area contributed by atoms with Gasteiger partial charge in [0.1, 0.15) is 6.10 Å². The molecule has 0 aromatic rings.